The Balaban J connectivity index is 2.24. The van der Waals surface area contributed by atoms with Crippen LogP contribution in [0.1, 0.15) is 39.5 Å². The molecule has 1 aliphatic rings. The molecule has 0 bridgehead atoms. The summed E-state index contributed by atoms with van der Waals surface area (Å²) in [5.41, 5.74) is 5.37. The molecule has 0 saturated heterocycles. The smallest absolute Gasteiger partial charge is 0.242 e. The van der Waals surface area contributed by atoms with Gasteiger partial charge in [0.1, 0.15) is 0 Å². The van der Waals surface area contributed by atoms with Gasteiger partial charge in [-0.1, -0.05) is 13.8 Å². The molecule has 0 aromatic carbocycles. The van der Waals surface area contributed by atoms with E-state index in [1.54, 1.807) is 11.9 Å². The molecule has 0 aromatic rings. The second kappa shape index (κ2) is 6.36. The van der Waals surface area contributed by atoms with E-state index in [-0.39, 0.29) is 5.91 Å². The minimum atomic E-state index is -0.703. The van der Waals surface area contributed by atoms with Crippen LogP contribution in [-0.2, 0) is 9.53 Å². The average molecular weight is 242 g/mol. The summed E-state index contributed by atoms with van der Waals surface area (Å²) in [5.74, 6) is 0.799. The minimum absolute atomic E-state index is 0.0255. The van der Waals surface area contributed by atoms with Crippen molar-refractivity contribution in [3.05, 3.63) is 0 Å². The van der Waals surface area contributed by atoms with Gasteiger partial charge in [-0.05, 0) is 31.6 Å². The molecule has 1 fully saturated rings. The van der Waals surface area contributed by atoms with E-state index in [0.717, 1.165) is 12.5 Å². The van der Waals surface area contributed by atoms with Gasteiger partial charge < -0.3 is 15.4 Å². The normalized spacial score (nSPS) is 16.0. The number of likely N-dealkylation sites (N-methyl/N-ethyl adjacent to an activating group) is 1. The third-order valence-corrected chi connectivity index (χ3v) is 3.66. The van der Waals surface area contributed by atoms with Crippen molar-refractivity contribution in [2.24, 2.45) is 11.7 Å². The second-order valence-corrected chi connectivity index (χ2v) is 5.11. The molecule has 1 saturated carbocycles. The fourth-order valence-electron chi connectivity index (χ4n) is 1.77. The van der Waals surface area contributed by atoms with E-state index in [1.807, 2.05) is 13.8 Å². The van der Waals surface area contributed by atoms with E-state index >= 15 is 0 Å². The predicted octanol–water partition coefficient (Wildman–Crippen LogP) is 1.39. The molecule has 0 atom stereocenters. The number of hydrogen-bond acceptors (Lipinski definition) is 3. The van der Waals surface area contributed by atoms with Gasteiger partial charge in [0.25, 0.3) is 0 Å². The first-order valence-electron chi connectivity index (χ1n) is 6.65. The van der Waals surface area contributed by atoms with Gasteiger partial charge in [-0.25, -0.2) is 0 Å². The van der Waals surface area contributed by atoms with E-state index in [2.05, 4.69) is 0 Å². The summed E-state index contributed by atoms with van der Waals surface area (Å²) in [7, 11) is 1.80. The number of ether oxygens (including phenoxy) is 1. The maximum absolute atomic E-state index is 12.1. The fraction of sp³-hybridized carbons (Fsp3) is 0.923. The summed E-state index contributed by atoms with van der Waals surface area (Å²) in [6.45, 7) is 6.00. The molecule has 0 spiro atoms. The SMILES string of the molecule is CCC(N)(CC)C(=O)N(C)CCOCC1CC1. The predicted molar refractivity (Wildman–Crippen MR) is 68.7 cm³/mol. The summed E-state index contributed by atoms with van der Waals surface area (Å²) < 4.78 is 5.52. The lowest BCUT2D eigenvalue weighted by Crippen LogP contribution is -2.54. The summed E-state index contributed by atoms with van der Waals surface area (Å²) in [6.07, 6.45) is 3.95. The third-order valence-electron chi connectivity index (χ3n) is 3.66. The van der Waals surface area contributed by atoms with E-state index < -0.39 is 5.54 Å². The maximum Gasteiger partial charge on any atom is 0.242 e. The molecule has 1 rings (SSSR count). The van der Waals surface area contributed by atoms with E-state index in [0.29, 0.717) is 26.0 Å². The highest BCUT2D eigenvalue weighted by Gasteiger charge is 2.32. The summed E-state index contributed by atoms with van der Waals surface area (Å²) in [6, 6.07) is 0. The number of amides is 1. The summed E-state index contributed by atoms with van der Waals surface area (Å²) >= 11 is 0. The van der Waals surface area contributed by atoms with E-state index in [1.165, 1.54) is 12.8 Å². The molecular formula is C13H26N2O2. The number of carbonyl (C=O) groups excluding carboxylic acids is 1. The van der Waals surface area contributed by atoms with Crippen molar-refractivity contribution in [1.29, 1.82) is 0 Å². The lowest BCUT2D eigenvalue weighted by atomic mass is 9.92. The van der Waals surface area contributed by atoms with Gasteiger partial charge >= 0.3 is 0 Å². The fourth-order valence-corrected chi connectivity index (χ4v) is 1.77. The molecule has 4 heteroatoms. The molecule has 0 unspecified atom stereocenters. The van der Waals surface area contributed by atoms with Crippen LogP contribution < -0.4 is 5.73 Å². The van der Waals surface area contributed by atoms with Gasteiger partial charge in [0.05, 0.1) is 12.1 Å². The van der Waals surface area contributed by atoms with Gasteiger partial charge in [-0.3, -0.25) is 4.79 Å². The molecule has 17 heavy (non-hydrogen) atoms. The average Bonchev–Trinajstić information content (AvgIpc) is 3.16. The van der Waals surface area contributed by atoms with Crippen molar-refractivity contribution in [3.8, 4) is 0 Å². The molecule has 0 radical (unpaired) electrons. The second-order valence-electron chi connectivity index (χ2n) is 5.11. The Labute approximate surface area is 104 Å². The van der Waals surface area contributed by atoms with Crippen LogP contribution in [0.25, 0.3) is 0 Å². The molecule has 2 N–H and O–H groups in total. The van der Waals surface area contributed by atoms with Crippen LogP contribution in [0.4, 0.5) is 0 Å². The number of carbonyl (C=O) groups is 1. The van der Waals surface area contributed by atoms with Crippen LogP contribution in [0.5, 0.6) is 0 Å². The van der Waals surface area contributed by atoms with Crippen LogP contribution in [0.15, 0.2) is 0 Å². The first kappa shape index (κ1) is 14.5. The third kappa shape index (κ3) is 4.28. The largest absolute Gasteiger partial charge is 0.379 e. The summed E-state index contributed by atoms with van der Waals surface area (Å²) in [4.78, 5) is 13.8. The molecule has 1 aliphatic carbocycles. The Morgan fingerprint density at radius 2 is 2.00 bits per heavy atom. The summed E-state index contributed by atoms with van der Waals surface area (Å²) in [5, 5.41) is 0. The zero-order valence-corrected chi connectivity index (χ0v) is 11.4. The van der Waals surface area contributed by atoms with E-state index in [9.17, 15) is 4.79 Å². The van der Waals surface area contributed by atoms with Crippen molar-refractivity contribution in [2.45, 2.75) is 45.1 Å². The van der Waals surface area contributed by atoms with Crippen molar-refractivity contribution in [3.63, 3.8) is 0 Å². The van der Waals surface area contributed by atoms with Crippen LogP contribution in [0.2, 0.25) is 0 Å². The lowest BCUT2D eigenvalue weighted by molar-refractivity contribution is -0.136. The van der Waals surface area contributed by atoms with Gasteiger partial charge in [-0.15, -0.1) is 0 Å². The number of rotatable bonds is 8. The molecular weight excluding hydrogens is 216 g/mol. The van der Waals surface area contributed by atoms with E-state index in [4.69, 9.17) is 10.5 Å². The zero-order valence-electron chi connectivity index (χ0n) is 11.4. The standard InChI is InChI=1S/C13H26N2O2/c1-4-13(14,5-2)12(16)15(3)8-9-17-10-11-6-7-11/h11H,4-10,14H2,1-3H3. The maximum atomic E-state index is 12.1. The Kier molecular flexibility index (Phi) is 5.40. The van der Waals surface area contributed by atoms with Gasteiger partial charge in [-0.2, -0.15) is 0 Å². The number of hydrogen-bond donors (Lipinski definition) is 1. The first-order valence-corrected chi connectivity index (χ1v) is 6.65. The number of nitrogens with two attached hydrogens (primary N) is 1. The van der Waals surface area contributed by atoms with Crippen molar-refractivity contribution in [1.82, 2.24) is 4.90 Å². The highest BCUT2D eigenvalue weighted by molar-refractivity contribution is 5.85. The van der Waals surface area contributed by atoms with Crippen molar-refractivity contribution in [2.75, 3.05) is 26.8 Å². The highest BCUT2D eigenvalue weighted by Crippen LogP contribution is 2.28. The lowest BCUT2D eigenvalue weighted by Gasteiger charge is -2.30. The topological polar surface area (TPSA) is 55.6 Å². The molecule has 0 heterocycles. The Morgan fingerprint density at radius 3 is 2.47 bits per heavy atom. The Bertz CT molecular complexity index is 248. The van der Waals surface area contributed by atoms with Gasteiger partial charge in [0.15, 0.2) is 0 Å². The molecule has 100 valence electrons. The number of nitrogens with zero attached hydrogens (tertiary/aromatic N) is 1. The van der Waals surface area contributed by atoms with Gasteiger partial charge in [0.2, 0.25) is 5.91 Å². The van der Waals surface area contributed by atoms with Crippen LogP contribution in [0.3, 0.4) is 0 Å². The van der Waals surface area contributed by atoms with Gasteiger partial charge in [0, 0.05) is 20.2 Å². The molecule has 0 aliphatic heterocycles. The zero-order chi connectivity index (χ0) is 12.9. The quantitative estimate of drug-likeness (QED) is 0.654. The Hall–Kier alpha value is -0.610. The Morgan fingerprint density at radius 1 is 1.41 bits per heavy atom. The molecule has 4 nitrogen and oxygen atoms in total. The monoisotopic (exact) mass is 242 g/mol. The highest BCUT2D eigenvalue weighted by atomic mass is 16.5. The van der Waals surface area contributed by atoms with Crippen molar-refractivity contribution < 1.29 is 9.53 Å². The molecule has 1 amide bonds. The minimum Gasteiger partial charge on any atom is -0.379 e. The van der Waals surface area contributed by atoms with Crippen LogP contribution >= 0.6 is 0 Å². The van der Waals surface area contributed by atoms with Crippen molar-refractivity contribution >= 4 is 5.91 Å². The molecule has 0 aromatic heterocycles. The van der Waals surface area contributed by atoms with Crippen LogP contribution in [-0.4, -0.2) is 43.2 Å². The van der Waals surface area contributed by atoms with Crippen LogP contribution in [0, 0.1) is 5.92 Å². The first-order chi connectivity index (χ1) is 8.03.